The Morgan fingerprint density at radius 2 is 1.63 bits per heavy atom. The zero-order valence-corrected chi connectivity index (χ0v) is 15.9. The SMILES string of the molecule is COc1cccc(N(C(C)c2ccccc2)S(=O)(=O)c2cccc(F)c2)c1. The van der Waals surface area contributed by atoms with Gasteiger partial charge in [-0.2, -0.15) is 0 Å². The maximum atomic E-state index is 13.7. The molecule has 3 rings (SSSR count). The molecule has 0 bridgehead atoms. The Balaban J connectivity index is 2.17. The van der Waals surface area contributed by atoms with E-state index < -0.39 is 21.9 Å². The number of ether oxygens (including phenoxy) is 1. The Kier molecular flexibility index (Phi) is 5.46. The van der Waals surface area contributed by atoms with Crippen LogP contribution in [-0.2, 0) is 10.0 Å². The molecule has 0 aliphatic rings. The van der Waals surface area contributed by atoms with Crippen molar-refractivity contribution in [2.45, 2.75) is 17.9 Å². The first-order chi connectivity index (χ1) is 12.9. The van der Waals surface area contributed by atoms with Crippen LogP contribution in [-0.4, -0.2) is 15.5 Å². The van der Waals surface area contributed by atoms with Gasteiger partial charge >= 0.3 is 0 Å². The molecule has 4 nitrogen and oxygen atoms in total. The third-order valence-electron chi connectivity index (χ3n) is 4.29. The minimum Gasteiger partial charge on any atom is -0.497 e. The van der Waals surface area contributed by atoms with E-state index in [0.29, 0.717) is 11.4 Å². The van der Waals surface area contributed by atoms with E-state index >= 15 is 0 Å². The zero-order valence-electron chi connectivity index (χ0n) is 15.0. The molecule has 140 valence electrons. The summed E-state index contributed by atoms with van der Waals surface area (Å²) in [6, 6.07) is 20.6. The molecule has 3 aromatic rings. The van der Waals surface area contributed by atoms with Gasteiger partial charge in [0, 0.05) is 6.07 Å². The Morgan fingerprint density at radius 3 is 2.30 bits per heavy atom. The Hall–Kier alpha value is -2.86. The van der Waals surface area contributed by atoms with E-state index in [1.54, 1.807) is 31.2 Å². The molecule has 0 saturated heterocycles. The number of rotatable bonds is 6. The van der Waals surface area contributed by atoms with Gasteiger partial charge in [-0.1, -0.05) is 42.5 Å². The molecule has 6 heteroatoms. The maximum absolute atomic E-state index is 13.7. The Bertz CT molecular complexity index is 1020. The molecular weight excluding hydrogens is 365 g/mol. The largest absolute Gasteiger partial charge is 0.497 e. The Labute approximate surface area is 158 Å². The van der Waals surface area contributed by atoms with Crippen molar-refractivity contribution in [3.8, 4) is 5.75 Å². The quantitative estimate of drug-likeness (QED) is 0.613. The molecule has 0 fully saturated rings. The molecule has 0 saturated carbocycles. The summed E-state index contributed by atoms with van der Waals surface area (Å²) in [5.41, 5.74) is 1.26. The van der Waals surface area contributed by atoms with Gasteiger partial charge in [0.1, 0.15) is 11.6 Å². The molecule has 0 spiro atoms. The van der Waals surface area contributed by atoms with E-state index in [9.17, 15) is 12.8 Å². The van der Waals surface area contributed by atoms with Crippen molar-refractivity contribution in [2.24, 2.45) is 0 Å². The van der Waals surface area contributed by atoms with E-state index in [2.05, 4.69) is 0 Å². The summed E-state index contributed by atoms with van der Waals surface area (Å²) in [4.78, 5) is -0.104. The first-order valence-corrected chi connectivity index (χ1v) is 9.86. The first-order valence-electron chi connectivity index (χ1n) is 8.42. The van der Waals surface area contributed by atoms with Crippen molar-refractivity contribution in [1.29, 1.82) is 0 Å². The number of halogens is 1. The number of anilines is 1. The van der Waals surface area contributed by atoms with E-state index in [-0.39, 0.29) is 4.90 Å². The summed E-state index contributed by atoms with van der Waals surface area (Å²) in [7, 11) is -2.49. The molecule has 3 aromatic carbocycles. The third kappa shape index (κ3) is 3.95. The predicted molar refractivity (Wildman–Crippen MR) is 104 cm³/mol. The van der Waals surface area contributed by atoms with E-state index in [0.717, 1.165) is 11.6 Å². The number of methoxy groups -OCH3 is 1. The van der Waals surface area contributed by atoms with Crippen molar-refractivity contribution in [3.63, 3.8) is 0 Å². The molecule has 0 heterocycles. The number of hydrogen-bond donors (Lipinski definition) is 0. The summed E-state index contributed by atoms with van der Waals surface area (Å²) < 4.78 is 47.1. The lowest BCUT2D eigenvalue weighted by Crippen LogP contribution is -2.33. The summed E-state index contributed by atoms with van der Waals surface area (Å²) in [5.74, 6) is -0.0683. The third-order valence-corrected chi connectivity index (χ3v) is 6.19. The van der Waals surface area contributed by atoms with Crippen LogP contribution in [0.25, 0.3) is 0 Å². The number of nitrogens with zero attached hydrogens (tertiary/aromatic N) is 1. The second-order valence-electron chi connectivity index (χ2n) is 6.05. The standard InChI is InChI=1S/C21H20FNO3S/c1-16(17-8-4-3-5-9-17)23(19-11-7-12-20(15-19)26-2)27(24,25)21-13-6-10-18(22)14-21/h3-16H,1-2H3. The normalized spacial score (nSPS) is 12.4. The van der Waals surface area contributed by atoms with Gasteiger partial charge in [0.05, 0.1) is 23.7 Å². The Morgan fingerprint density at radius 1 is 0.926 bits per heavy atom. The van der Waals surface area contributed by atoms with Crippen LogP contribution in [0.5, 0.6) is 5.75 Å². The molecule has 0 aromatic heterocycles. The van der Waals surface area contributed by atoms with Crippen LogP contribution in [0.4, 0.5) is 10.1 Å². The van der Waals surface area contributed by atoms with Crippen LogP contribution in [0.2, 0.25) is 0 Å². The summed E-state index contributed by atoms with van der Waals surface area (Å²) in [6.45, 7) is 1.80. The van der Waals surface area contributed by atoms with Crippen molar-refractivity contribution in [2.75, 3.05) is 11.4 Å². The van der Waals surface area contributed by atoms with Gasteiger partial charge in [-0.15, -0.1) is 0 Å². The molecule has 0 aliphatic heterocycles. The van der Waals surface area contributed by atoms with E-state index in [1.165, 1.54) is 29.6 Å². The molecule has 0 amide bonds. The monoisotopic (exact) mass is 385 g/mol. The smallest absolute Gasteiger partial charge is 0.264 e. The first kappa shape index (κ1) is 18.9. The van der Waals surface area contributed by atoms with Gasteiger partial charge in [0.15, 0.2) is 0 Å². The molecular formula is C21H20FNO3S. The number of benzene rings is 3. The second-order valence-corrected chi connectivity index (χ2v) is 7.86. The van der Waals surface area contributed by atoms with E-state index in [1.807, 2.05) is 30.3 Å². The van der Waals surface area contributed by atoms with E-state index in [4.69, 9.17) is 4.74 Å². The van der Waals surface area contributed by atoms with Gasteiger partial charge in [0.25, 0.3) is 10.0 Å². The highest BCUT2D eigenvalue weighted by molar-refractivity contribution is 7.92. The second kappa shape index (κ2) is 7.80. The van der Waals surface area contributed by atoms with Crippen LogP contribution < -0.4 is 9.04 Å². The van der Waals surface area contributed by atoms with Crippen molar-refractivity contribution in [1.82, 2.24) is 0 Å². The van der Waals surface area contributed by atoms with Crippen LogP contribution >= 0.6 is 0 Å². The van der Waals surface area contributed by atoms with Crippen LogP contribution in [0, 0.1) is 5.82 Å². The fourth-order valence-corrected chi connectivity index (χ4v) is 4.59. The predicted octanol–water partition coefficient (Wildman–Crippen LogP) is 4.79. The lowest BCUT2D eigenvalue weighted by Gasteiger charge is -2.31. The summed E-state index contributed by atoms with van der Waals surface area (Å²) in [6.07, 6.45) is 0. The molecule has 0 N–H and O–H groups in total. The van der Waals surface area contributed by atoms with Crippen molar-refractivity contribution < 1.29 is 17.5 Å². The highest BCUT2D eigenvalue weighted by atomic mass is 32.2. The summed E-state index contributed by atoms with van der Waals surface area (Å²) >= 11 is 0. The molecule has 1 atom stereocenters. The minimum atomic E-state index is -4.01. The van der Waals surface area contributed by atoms with Gasteiger partial charge in [-0.3, -0.25) is 4.31 Å². The highest BCUT2D eigenvalue weighted by Crippen LogP contribution is 2.34. The summed E-state index contributed by atoms with van der Waals surface area (Å²) in [5, 5.41) is 0. The van der Waals surface area contributed by atoms with Crippen molar-refractivity contribution >= 4 is 15.7 Å². The average molecular weight is 385 g/mol. The highest BCUT2D eigenvalue weighted by Gasteiger charge is 2.31. The maximum Gasteiger partial charge on any atom is 0.264 e. The average Bonchev–Trinajstić information content (AvgIpc) is 2.69. The van der Waals surface area contributed by atoms with Gasteiger partial charge in [-0.25, -0.2) is 12.8 Å². The number of hydrogen-bond acceptors (Lipinski definition) is 3. The lowest BCUT2D eigenvalue weighted by molar-refractivity contribution is 0.415. The molecule has 27 heavy (non-hydrogen) atoms. The van der Waals surface area contributed by atoms with Gasteiger partial charge in [0.2, 0.25) is 0 Å². The molecule has 0 aliphatic carbocycles. The fraction of sp³-hybridized carbons (Fsp3) is 0.143. The zero-order chi connectivity index (χ0) is 19.4. The minimum absolute atomic E-state index is 0.104. The fourth-order valence-electron chi connectivity index (χ4n) is 2.93. The number of sulfonamides is 1. The van der Waals surface area contributed by atoms with Crippen LogP contribution in [0.3, 0.4) is 0 Å². The van der Waals surface area contributed by atoms with Gasteiger partial charge < -0.3 is 4.74 Å². The van der Waals surface area contributed by atoms with Crippen molar-refractivity contribution in [3.05, 3.63) is 90.2 Å². The van der Waals surface area contributed by atoms with Crippen LogP contribution in [0.15, 0.2) is 83.8 Å². The topological polar surface area (TPSA) is 46.6 Å². The lowest BCUT2D eigenvalue weighted by atomic mass is 10.1. The van der Waals surface area contributed by atoms with Crippen LogP contribution in [0.1, 0.15) is 18.5 Å². The molecule has 1 unspecified atom stereocenters. The molecule has 0 radical (unpaired) electrons. The van der Waals surface area contributed by atoms with Gasteiger partial charge in [-0.05, 0) is 42.8 Å².